The minimum absolute atomic E-state index is 0.157. The summed E-state index contributed by atoms with van der Waals surface area (Å²) in [6, 6.07) is 8.99. The van der Waals surface area contributed by atoms with Crippen LogP contribution in [0.2, 0.25) is 0 Å². The van der Waals surface area contributed by atoms with Crippen LogP contribution < -0.4 is 0 Å². The maximum atomic E-state index is 12.2. The van der Waals surface area contributed by atoms with Gasteiger partial charge in [-0.1, -0.05) is 29.3 Å². The van der Waals surface area contributed by atoms with E-state index in [1.54, 1.807) is 12.1 Å². The minimum atomic E-state index is -1.23. The van der Waals surface area contributed by atoms with Crippen LogP contribution in [0.15, 0.2) is 41.5 Å². The van der Waals surface area contributed by atoms with Gasteiger partial charge in [0.05, 0.1) is 12.3 Å². The van der Waals surface area contributed by atoms with Gasteiger partial charge in [-0.15, -0.1) is 0 Å². The van der Waals surface area contributed by atoms with Crippen LogP contribution >= 0.6 is 0 Å². The molecule has 1 aromatic rings. The number of rotatable bonds is 1. The third-order valence-corrected chi connectivity index (χ3v) is 4.41. The molecule has 90 valence electrons. The number of hydrogen-bond acceptors (Lipinski definition) is 2. The predicted molar refractivity (Wildman–Crippen MR) is 68.9 cm³/mol. The molecule has 3 nitrogen and oxygen atoms in total. The van der Waals surface area contributed by atoms with Crippen molar-refractivity contribution in [1.82, 2.24) is 4.31 Å². The number of hydrogen-bond donors (Lipinski definition) is 0. The van der Waals surface area contributed by atoms with Gasteiger partial charge in [-0.05, 0) is 26.0 Å². The van der Waals surface area contributed by atoms with Crippen molar-refractivity contribution in [2.24, 2.45) is 0 Å². The van der Waals surface area contributed by atoms with Crippen LogP contribution in [-0.2, 0) is 11.0 Å². The van der Waals surface area contributed by atoms with Gasteiger partial charge in [0.2, 0.25) is 0 Å². The highest BCUT2D eigenvalue weighted by atomic mass is 32.2. The van der Waals surface area contributed by atoms with E-state index < -0.39 is 11.0 Å². The van der Waals surface area contributed by atoms with Gasteiger partial charge in [-0.2, -0.15) is 0 Å². The molecule has 0 saturated carbocycles. The Bertz CT molecular complexity index is 493. The van der Waals surface area contributed by atoms with Crippen molar-refractivity contribution >= 4 is 16.9 Å². The Hall–Kier alpha value is -1.42. The highest BCUT2D eigenvalue weighted by Crippen LogP contribution is 2.19. The van der Waals surface area contributed by atoms with E-state index >= 15 is 0 Å². The van der Waals surface area contributed by atoms with Gasteiger partial charge in [0.25, 0.3) is 5.91 Å². The molecule has 0 aliphatic carbocycles. The van der Waals surface area contributed by atoms with Gasteiger partial charge in [0, 0.05) is 5.56 Å². The van der Waals surface area contributed by atoms with Gasteiger partial charge in [0.1, 0.15) is 11.0 Å². The summed E-state index contributed by atoms with van der Waals surface area (Å²) in [5.41, 5.74) is 2.85. The fourth-order valence-electron chi connectivity index (χ4n) is 1.70. The normalized spacial score (nSPS) is 20.6. The van der Waals surface area contributed by atoms with Crippen molar-refractivity contribution in [3.05, 3.63) is 47.0 Å². The maximum absolute atomic E-state index is 12.2. The van der Waals surface area contributed by atoms with E-state index in [2.05, 4.69) is 0 Å². The van der Waals surface area contributed by atoms with Crippen LogP contribution in [0.25, 0.3) is 0 Å². The lowest BCUT2D eigenvalue weighted by Gasteiger charge is -2.27. The van der Waals surface area contributed by atoms with E-state index in [9.17, 15) is 9.00 Å². The summed E-state index contributed by atoms with van der Waals surface area (Å²) < 4.78 is 13.4. The van der Waals surface area contributed by atoms with Gasteiger partial charge < -0.3 is 0 Å². The van der Waals surface area contributed by atoms with Gasteiger partial charge in [-0.3, -0.25) is 9.10 Å². The number of nitrogens with zero attached hydrogens (tertiary/aromatic N) is 1. The number of carbonyl (C=O) groups excluding carboxylic acids is 1. The summed E-state index contributed by atoms with van der Waals surface area (Å²) in [6.45, 7) is 4.42. The zero-order chi connectivity index (χ0) is 12.4. The molecule has 0 N–H and O–H groups in total. The molecule has 1 amide bonds. The molecule has 0 spiro atoms. The average Bonchev–Trinajstić information content (AvgIpc) is 2.34. The fraction of sp³-hybridized carbons (Fsp3) is 0.308. The molecular formula is C13H15NO2S. The molecule has 0 fully saturated rings. The third-order valence-electron chi connectivity index (χ3n) is 2.94. The summed E-state index contributed by atoms with van der Waals surface area (Å²) in [4.78, 5) is 12.2. The highest BCUT2D eigenvalue weighted by Gasteiger charge is 2.26. The molecular weight excluding hydrogens is 234 g/mol. The van der Waals surface area contributed by atoms with E-state index in [1.807, 2.05) is 32.0 Å². The Morgan fingerprint density at radius 2 is 1.82 bits per heavy atom. The predicted octanol–water partition coefficient (Wildman–Crippen LogP) is 2.14. The molecule has 0 bridgehead atoms. The maximum Gasteiger partial charge on any atom is 0.265 e. The smallest absolute Gasteiger partial charge is 0.265 e. The molecule has 1 heterocycles. The molecule has 1 atom stereocenters. The second kappa shape index (κ2) is 4.84. The molecule has 0 radical (unpaired) electrons. The van der Waals surface area contributed by atoms with E-state index in [0.717, 1.165) is 11.1 Å². The van der Waals surface area contributed by atoms with E-state index in [-0.39, 0.29) is 5.91 Å². The third kappa shape index (κ3) is 2.47. The Kier molecular flexibility index (Phi) is 3.43. The fourth-order valence-corrected chi connectivity index (χ4v) is 3.10. The van der Waals surface area contributed by atoms with Gasteiger partial charge >= 0.3 is 0 Å². The van der Waals surface area contributed by atoms with Crippen molar-refractivity contribution < 1.29 is 9.00 Å². The highest BCUT2D eigenvalue weighted by molar-refractivity contribution is 7.83. The van der Waals surface area contributed by atoms with Crippen LogP contribution in [-0.4, -0.2) is 26.7 Å². The Morgan fingerprint density at radius 3 is 2.47 bits per heavy atom. The molecule has 17 heavy (non-hydrogen) atoms. The topological polar surface area (TPSA) is 37.4 Å². The van der Waals surface area contributed by atoms with Gasteiger partial charge in [0.15, 0.2) is 0 Å². The molecule has 4 heteroatoms. The summed E-state index contributed by atoms with van der Waals surface area (Å²) in [5, 5.41) is 0. The molecule has 1 aliphatic rings. The lowest BCUT2D eigenvalue weighted by atomic mass is 10.1. The number of carbonyl (C=O) groups is 1. The first-order valence-electron chi connectivity index (χ1n) is 5.50. The number of amides is 1. The van der Waals surface area contributed by atoms with Crippen molar-refractivity contribution in [3.63, 3.8) is 0 Å². The van der Waals surface area contributed by atoms with Crippen LogP contribution in [0.1, 0.15) is 24.2 Å². The Balaban J connectivity index is 2.25. The quantitative estimate of drug-likeness (QED) is 0.715. The SMILES string of the molecule is CC1=C(C)CS(=O)N(C(=O)c2ccccc2)C1. The number of benzene rings is 1. The summed E-state index contributed by atoms with van der Waals surface area (Å²) in [7, 11) is -1.23. The Morgan fingerprint density at radius 1 is 1.18 bits per heavy atom. The average molecular weight is 249 g/mol. The minimum Gasteiger partial charge on any atom is -0.268 e. The molecule has 0 aromatic heterocycles. The Labute approximate surface area is 104 Å². The first-order valence-corrected chi connectivity index (χ1v) is 6.78. The first kappa shape index (κ1) is 12.0. The molecule has 1 aliphatic heterocycles. The summed E-state index contributed by atoms with van der Waals surface area (Å²) in [5.74, 6) is 0.306. The van der Waals surface area contributed by atoms with Crippen LogP contribution in [0.3, 0.4) is 0 Å². The lowest BCUT2D eigenvalue weighted by Crippen LogP contribution is -2.39. The molecule has 1 unspecified atom stereocenters. The van der Waals surface area contributed by atoms with Crippen molar-refractivity contribution in [2.75, 3.05) is 12.3 Å². The van der Waals surface area contributed by atoms with Crippen molar-refractivity contribution in [1.29, 1.82) is 0 Å². The first-order chi connectivity index (χ1) is 8.09. The van der Waals surface area contributed by atoms with Crippen LogP contribution in [0, 0.1) is 0 Å². The zero-order valence-corrected chi connectivity index (χ0v) is 10.8. The second-order valence-corrected chi connectivity index (χ2v) is 5.61. The largest absolute Gasteiger partial charge is 0.268 e. The monoisotopic (exact) mass is 249 g/mol. The lowest BCUT2D eigenvalue weighted by molar-refractivity contribution is 0.0873. The van der Waals surface area contributed by atoms with Crippen LogP contribution in [0.4, 0.5) is 0 Å². The molecule has 0 saturated heterocycles. The van der Waals surface area contributed by atoms with E-state index in [1.165, 1.54) is 4.31 Å². The standard InChI is InChI=1S/C13H15NO2S/c1-10-8-14(17(16)9-11(10)2)13(15)12-6-4-3-5-7-12/h3-7H,8-9H2,1-2H3. The summed E-state index contributed by atoms with van der Waals surface area (Å²) >= 11 is 0. The molecule has 1 aromatic carbocycles. The zero-order valence-electron chi connectivity index (χ0n) is 9.97. The summed E-state index contributed by atoms with van der Waals surface area (Å²) in [6.07, 6.45) is 0. The van der Waals surface area contributed by atoms with Crippen LogP contribution in [0.5, 0.6) is 0 Å². The van der Waals surface area contributed by atoms with Gasteiger partial charge in [-0.25, -0.2) is 4.21 Å². The van der Waals surface area contributed by atoms with E-state index in [4.69, 9.17) is 0 Å². The molecule has 2 rings (SSSR count). The van der Waals surface area contributed by atoms with E-state index in [0.29, 0.717) is 17.9 Å². The second-order valence-electron chi connectivity index (χ2n) is 4.23. The van der Waals surface area contributed by atoms with Crippen molar-refractivity contribution in [2.45, 2.75) is 13.8 Å². The van der Waals surface area contributed by atoms with Crippen molar-refractivity contribution in [3.8, 4) is 0 Å².